The zero-order valence-corrected chi connectivity index (χ0v) is 13.0. The number of hydrogen-bond acceptors (Lipinski definition) is 5. The maximum atomic E-state index is 11.9. The predicted molar refractivity (Wildman–Crippen MR) is 78.4 cm³/mol. The van der Waals surface area contributed by atoms with Crippen LogP contribution in [0.4, 0.5) is 5.69 Å². The summed E-state index contributed by atoms with van der Waals surface area (Å²) < 4.78 is 50.0. The largest absolute Gasteiger partial charge is 0.330 e. The Morgan fingerprint density at radius 1 is 1.15 bits per heavy atom. The van der Waals surface area contributed by atoms with E-state index in [-0.39, 0.29) is 4.90 Å². The summed E-state index contributed by atoms with van der Waals surface area (Å²) in [5.74, 6) is 0. The van der Waals surface area contributed by atoms with Crippen molar-refractivity contribution in [3.05, 3.63) is 24.3 Å². The van der Waals surface area contributed by atoms with E-state index in [0.29, 0.717) is 25.2 Å². The quantitative estimate of drug-likeness (QED) is 0.736. The fraction of sp³-hybridized carbons (Fsp3) is 0.455. The van der Waals surface area contributed by atoms with Crippen molar-refractivity contribution in [3.63, 3.8) is 0 Å². The van der Waals surface area contributed by atoms with Gasteiger partial charge in [0.2, 0.25) is 0 Å². The average Bonchev–Trinajstić information content (AvgIpc) is 2.34. The molecular formula is C11H19N3O4S2. The molecule has 114 valence electrons. The molecule has 1 aromatic rings. The van der Waals surface area contributed by atoms with E-state index in [4.69, 9.17) is 5.73 Å². The minimum atomic E-state index is -3.66. The summed E-state index contributed by atoms with van der Waals surface area (Å²) in [5.41, 5.74) is 5.63. The van der Waals surface area contributed by atoms with Gasteiger partial charge < -0.3 is 5.73 Å². The summed E-state index contributed by atoms with van der Waals surface area (Å²) in [5, 5.41) is 0. The van der Waals surface area contributed by atoms with Gasteiger partial charge in [0.05, 0.1) is 4.90 Å². The molecule has 0 spiro atoms. The average molecular weight is 321 g/mol. The highest BCUT2D eigenvalue weighted by Gasteiger charge is 2.17. The highest BCUT2D eigenvalue weighted by atomic mass is 32.2. The van der Waals surface area contributed by atoms with Crippen molar-refractivity contribution < 1.29 is 16.8 Å². The van der Waals surface area contributed by atoms with E-state index in [9.17, 15) is 16.8 Å². The Labute approximate surface area is 119 Å². The third-order valence-electron chi connectivity index (χ3n) is 2.62. The molecule has 0 aromatic heterocycles. The minimum absolute atomic E-state index is 0.136. The van der Waals surface area contributed by atoms with E-state index in [0.717, 1.165) is 10.6 Å². The third-order valence-corrected chi connectivity index (χ3v) is 5.24. The second-order valence-corrected chi connectivity index (χ2v) is 8.16. The smallest absolute Gasteiger partial charge is 0.301 e. The van der Waals surface area contributed by atoms with Gasteiger partial charge in [-0.05, 0) is 37.2 Å². The predicted octanol–water partition coefficient (Wildman–Crippen LogP) is 0.0274. The van der Waals surface area contributed by atoms with Gasteiger partial charge in [-0.2, -0.15) is 12.7 Å². The van der Waals surface area contributed by atoms with Crippen LogP contribution in [0.3, 0.4) is 0 Å². The summed E-state index contributed by atoms with van der Waals surface area (Å²) in [4.78, 5) is 0.136. The SMILES string of the molecule is CN(CCCN)S(=O)(=O)Nc1ccc(S(C)(=O)=O)cc1. The number of nitrogens with two attached hydrogens (primary N) is 1. The van der Waals surface area contributed by atoms with Crippen molar-refractivity contribution in [1.82, 2.24) is 4.31 Å². The lowest BCUT2D eigenvalue weighted by Crippen LogP contribution is -2.34. The molecule has 0 aliphatic carbocycles. The van der Waals surface area contributed by atoms with Crippen LogP contribution < -0.4 is 10.5 Å². The molecule has 9 heteroatoms. The van der Waals surface area contributed by atoms with Crippen molar-refractivity contribution >= 4 is 25.7 Å². The van der Waals surface area contributed by atoms with Crippen molar-refractivity contribution in [2.24, 2.45) is 5.73 Å². The van der Waals surface area contributed by atoms with Crippen molar-refractivity contribution in [1.29, 1.82) is 0 Å². The molecule has 0 heterocycles. The fourth-order valence-electron chi connectivity index (χ4n) is 1.43. The summed E-state index contributed by atoms with van der Waals surface area (Å²) in [6.45, 7) is 0.718. The van der Waals surface area contributed by atoms with E-state index in [1.54, 1.807) is 0 Å². The molecule has 0 atom stereocenters. The van der Waals surface area contributed by atoms with E-state index in [2.05, 4.69) is 4.72 Å². The molecule has 0 saturated carbocycles. The lowest BCUT2D eigenvalue weighted by Gasteiger charge is -2.18. The maximum absolute atomic E-state index is 11.9. The topological polar surface area (TPSA) is 110 Å². The Morgan fingerprint density at radius 3 is 2.15 bits per heavy atom. The standard InChI is InChI=1S/C11H19N3O4S2/c1-14(9-3-8-12)20(17,18)13-10-4-6-11(7-5-10)19(2,15)16/h4-7,13H,3,8-9,12H2,1-2H3. The number of nitrogens with one attached hydrogen (secondary N) is 1. The molecule has 0 bridgehead atoms. The molecule has 1 rings (SSSR count). The first kappa shape index (κ1) is 16.9. The molecule has 0 saturated heterocycles. The molecule has 1 aromatic carbocycles. The van der Waals surface area contributed by atoms with Gasteiger partial charge in [0.25, 0.3) is 0 Å². The summed E-state index contributed by atoms with van der Waals surface area (Å²) in [6.07, 6.45) is 1.65. The van der Waals surface area contributed by atoms with E-state index >= 15 is 0 Å². The van der Waals surface area contributed by atoms with Gasteiger partial charge in [-0.15, -0.1) is 0 Å². The van der Waals surface area contributed by atoms with Crippen LogP contribution >= 0.6 is 0 Å². The summed E-state index contributed by atoms with van der Waals surface area (Å²) in [6, 6.07) is 5.52. The molecule has 0 amide bonds. The van der Waals surface area contributed by atoms with Crippen molar-refractivity contribution in [2.45, 2.75) is 11.3 Å². The summed E-state index contributed by atoms with van der Waals surface area (Å²) in [7, 11) is -5.50. The van der Waals surface area contributed by atoms with E-state index in [1.165, 1.54) is 31.3 Å². The lowest BCUT2D eigenvalue weighted by atomic mass is 10.3. The first-order chi connectivity index (χ1) is 9.16. The molecule has 0 unspecified atom stereocenters. The zero-order valence-electron chi connectivity index (χ0n) is 11.4. The van der Waals surface area contributed by atoms with Crippen LogP contribution in [0.1, 0.15) is 6.42 Å². The number of hydrogen-bond donors (Lipinski definition) is 2. The second kappa shape index (κ2) is 6.53. The monoisotopic (exact) mass is 321 g/mol. The molecule has 3 N–H and O–H groups in total. The minimum Gasteiger partial charge on any atom is -0.330 e. The maximum Gasteiger partial charge on any atom is 0.301 e. The Bertz CT molecular complexity index is 639. The van der Waals surface area contributed by atoms with Crippen LogP contribution in [0.25, 0.3) is 0 Å². The summed E-state index contributed by atoms with van der Waals surface area (Å²) >= 11 is 0. The van der Waals surface area contributed by atoms with Gasteiger partial charge in [-0.3, -0.25) is 4.72 Å². The van der Waals surface area contributed by atoms with Crippen LogP contribution in [-0.4, -0.2) is 47.5 Å². The van der Waals surface area contributed by atoms with Gasteiger partial charge in [0, 0.05) is 25.5 Å². The number of nitrogens with zero attached hydrogens (tertiary/aromatic N) is 1. The second-order valence-electron chi connectivity index (χ2n) is 4.37. The van der Waals surface area contributed by atoms with Crippen LogP contribution in [0.15, 0.2) is 29.2 Å². The Morgan fingerprint density at radius 2 is 1.70 bits per heavy atom. The number of rotatable bonds is 7. The van der Waals surface area contributed by atoms with Crippen molar-refractivity contribution in [3.8, 4) is 0 Å². The molecule has 0 fully saturated rings. The van der Waals surface area contributed by atoms with Gasteiger partial charge >= 0.3 is 10.2 Å². The number of sulfone groups is 1. The van der Waals surface area contributed by atoms with Crippen LogP contribution in [0, 0.1) is 0 Å². The number of anilines is 1. The first-order valence-electron chi connectivity index (χ1n) is 5.91. The highest BCUT2D eigenvalue weighted by Crippen LogP contribution is 2.15. The molecule has 0 aliphatic heterocycles. The fourth-order valence-corrected chi connectivity index (χ4v) is 3.02. The molecule has 7 nitrogen and oxygen atoms in total. The van der Waals surface area contributed by atoms with Gasteiger partial charge in [0.15, 0.2) is 9.84 Å². The Balaban J connectivity index is 2.83. The first-order valence-corrected chi connectivity index (χ1v) is 9.24. The van der Waals surface area contributed by atoms with E-state index < -0.39 is 20.0 Å². The lowest BCUT2D eigenvalue weighted by molar-refractivity contribution is 0.468. The molecular weight excluding hydrogens is 302 g/mol. The van der Waals surface area contributed by atoms with E-state index in [1.807, 2.05) is 0 Å². The van der Waals surface area contributed by atoms with Crippen molar-refractivity contribution in [2.75, 3.05) is 31.1 Å². The highest BCUT2D eigenvalue weighted by molar-refractivity contribution is 7.90. The number of benzene rings is 1. The van der Waals surface area contributed by atoms with Crippen LogP contribution in [0.2, 0.25) is 0 Å². The molecule has 0 radical (unpaired) electrons. The normalized spacial score (nSPS) is 12.6. The Kier molecular flexibility index (Phi) is 5.51. The van der Waals surface area contributed by atoms with Gasteiger partial charge in [-0.25, -0.2) is 8.42 Å². The zero-order chi connectivity index (χ0) is 15.4. The van der Waals surface area contributed by atoms with Gasteiger partial charge in [0.1, 0.15) is 0 Å². The molecule has 0 aliphatic rings. The van der Waals surface area contributed by atoms with Gasteiger partial charge in [-0.1, -0.05) is 0 Å². The van der Waals surface area contributed by atoms with Crippen LogP contribution in [-0.2, 0) is 20.0 Å². The third kappa shape index (κ3) is 4.75. The van der Waals surface area contributed by atoms with Crippen LogP contribution in [0.5, 0.6) is 0 Å². The molecule has 20 heavy (non-hydrogen) atoms. The Hall–Kier alpha value is -1.16.